The first kappa shape index (κ1) is 54.3. The summed E-state index contributed by atoms with van der Waals surface area (Å²) < 4.78 is 40.7. The van der Waals surface area contributed by atoms with Crippen LogP contribution in [-0.4, -0.2) is 166 Å². The van der Waals surface area contributed by atoms with Crippen molar-refractivity contribution in [2.45, 2.75) is 165 Å². The van der Waals surface area contributed by atoms with Gasteiger partial charge in [-0.25, -0.2) is 14.3 Å². The zero-order chi connectivity index (χ0) is 51.6. The fourth-order valence-corrected chi connectivity index (χ4v) is 9.60. The number of aliphatic hydroxyl groups is 5. The van der Waals surface area contributed by atoms with Crippen LogP contribution in [0.1, 0.15) is 88.2 Å². The molecule has 394 valence electrons. The Morgan fingerprint density at radius 2 is 1.68 bits per heavy atom. The van der Waals surface area contributed by atoms with Crippen molar-refractivity contribution in [3.63, 3.8) is 0 Å². The van der Waals surface area contributed by atoms with Crippen LogP contribution in [0.3, 0.4) is 0 Å². The molecule has 1 amide bonds. The number of benzene rings is 2. The summed E-state index contributed by atoms with van der Waals surface area (Å²) in [5.74, 6) is -3.78. The summed E-state index contributed by atoms with van der Waals surface area (Å²) in [5, 5.41) is 87.9. The molecule has 72 heavy (non-hydrogen) atoms. The maximum Gasteiger partial charge on any atom is 0.338 e. The molecule has 2 aromatic heterocycles. The van der Waals surface area contributed by atoms with Crippen LogP contribution in [0.4, 0.5) is 5.69 Å². The number of aromatic nitrogens is 4. The van der Waals surface area contributed by atoms with Crippen molar-refractivity contribution in [2.75, 3.05) is 13.2 Å². The summed E-state index contributed by atoms with van der Waals surface area (Å²) in [4.78, 5) is 51.2. The summed E-state index contributed by atoms with van der Waals surface area (Å²) in [6.45, 7) is 5.07. The van der Waals surface area contributed by atoms with Gasteiger partial charge in [-0.2, -0.15) is 0 Å². The second kappa shape index (κ2) is 25.0. The molecule has 7 rings (SSSR count). The number of unbranched alkanes of at least 4 members (excludes halogenated alkanes) is 3. The number of aliphatic hydroxyl groups excluding tert-OH is 5. The number of nitro groups is 1. The van der Waals surface area contributed by atoms with Crippen molar-refractivity contribution in [3.8, 4) is 0 Å². The number of hydrogen-bond acceptors (Lipinski definition) is 18. The third-order valence-electron chi connectivity index (χ3n) is 13.6. The molecule has 7 N–H and O–H groups in total. The zero-order valence-electron chi connectivity index (χ0n) is 40.4. The lowest BCUT2D eigenvalue weighted by Gasteiger charge is -2.48. The number of hydrogen-bond donors (Lipinski definition) is 7. The van der Waals surface area contributed by atoms with E-state index in [9.17, 15) is 55.1 Å². The van der Waals surface area contributed by atoms with Crippen LogP contribution in [0.15, 0.2) is 67.0 Å². The number of ether oxygens (including phenoxy) is 6. The number of fused-ring (bicyclic) bond motifs is 1. The minimum Gasteiger partial charge on any atom is -0.479 e. The van der Waals surface area contributed by atoms with Gasteiger partial charge in [0.15, 0.2) is 24.8 Å². The van der Waals surface area contributed by atoms with E-state index in [1.165, 1.54) is 31.2 Å². The first-order chi connectivity index (χ1) is 34.6. The van der Waals surface area contributed by atoms with E-state index in [0.29, 0.717) is 37.0 Å². The third-order valence-corrected chi connectivity index (χ3v) is 13.6. The van der Waals surface area contributed by atoms with Gasteiger partial charge in [-0.05, 0) is 69.2 Å². The molecule has 3 aliphatic rings. The lowest BCUT2D eigenvalue weighted by Crippen LogP contribution is -2.64. The third kappa shape index (κ3) is 13.2. The number of aryl methyl sites for hydroxylation is 1. The van der Waals surface area contributed by atoms with Gasteiger partial charge in [-0.15, -0.1) is 5.10 Å². The largest absolute Gasteiger partial charge is 0.479 e. The Morgan fingerprint density at radius 1 is 0.903 bits per heavy atom. The van der Waals surface area contributed by atoms with Crippen molar-refractivity contribution in [1.29, 1.82) is 0 Å². The lowest BCUT2D eigenvalue weighted by atomic mass is 9.77. The second-order valence-corrected chi connectivity index (χ2v) is 18.9. The van der Waals surface area contributed by atoms with E-state index in [4.69, 9.17) is 28.4 Å². The highest BCUT2D eigenvalue weighted by molar-refractivity contribution is 5.89. The highest BCUT2D eigenvalue weighted by Gasteiger charge is 2.53. The molecular weight excluding hydrogens is 945 g/mol. The number of nitrogens with zero attached hydrogens (tertiary/aromatic N) is 5. The number of carbonyl (C=O) groups excluding carboxylic acids is 2. The molecule has 1 aliphatic carbocycles. The Hall–Kier alpha value is -5.47. The van der Waals surface area contributed by atoms with Crippen molar-refractivity contribution >= 4 is 34.4 Å². The van der Waals surface area contributed by atoms with Gasteiger partial charge in [0.25, 0.3) is 5.69 Å². The summed E-state index contributed by atoms with van der Waals surface area (Å²) in [7, 11) is 0. The molecule has 1 saturated carbocycles. The Balaban J connectivity index is 1.08. The lowest BCUT2D eigenvalue weighted by molar-refractivity contribution is -0.384. The molecule has 0 spiro atoms. The van der Waals surface area contributed by atoms with Gasteiger partial charge in [0, 0.05) is 36.2 Å². The number of carboxylic acids is 1. The smallest absolute Gasteiger partial charge is 0.338 e. The molecule has 4 aromatic rings. The van der Waals surface area contributed by atoms with E-state index in [-0.39, 0.29) is 43.0 Å². The number of nitro benzene ring substituents is 1. The van der Waals surface area contributed by atoms with Crippen LogP contribution in [0, 0.1) is 22.0 Å². The molecular formula is C49H66N6O17. The van der Waals surface area contributed by atoms with E-state index in [1.807, 2.05) is 11.5 Å². The van der Waals surface area contributed by atoms with Crippen LogP contribution < -0.4 is 5.32 Å². The van der Waals surface area contributed by atoms with Crippen LogP contribution in [0.2, 0.25) is 0 Å². The highest BCUT2D eigenvalue weighted by Crippen LogP contribution is 2.39. The van der Waals surface area contributed by atoms with E-state index >= 15 is 0 Å². The normalized spacial score (nSPS) is 30.2. The number of esters is 1. The van der Waals surface area contributed by atoms with Gasteiger partial charge in [0.2, 0.25) is 5.91 Å². The monoisotopic (exact) mass is 1010 g/mol. The quantitative estimate of drug-likeness (QED) is 0.0243. The number of non-ortho nitro benzene ring substituents is 1. The Morgan fingerprint density at radius 3 is 2.40 bits per heavy atom. The Kier molecular flexibility index (Phi) is 18.8. The minimum atomic E-state index is -1.71. The van der Waals surface area contributed by atoms with E-state index < -0.39 is 115 Å². The fourth-order valence-electron chi connectivity index (χ4n) is 9.60. The summed E-state index contributed by atoms with van der Waals surface area (Å²) >= 11 is 0. The van der Waals surface area contributed by atoms with Gasteiger partial charge in [-0.1, -0.05) is 62.9 Å². The molecule has 2 saturated heterocycles. The molecule has 15 atom stereocenters. The maximum atomic E-state index is 14.0. The predicted octanol–water partition coefficient (Wildman–Crippen LogP) is 2.45. The number of amides is 1. The number of carbonyl (C=O) groups is 3. The minimum absolute atomic E-state index is 0.00507. The molecule has 0 radical (unpaired) electrons. The zero-order valence-corrected chi connectivity index (χ0v) is 40.4. The van der Waals surface area contributed by atoms with Crippen molar-refractivity contribution in [3.05, 3.63) is 88.4 Å². The number of aliphatic carboxylic acids is 1. The first-order valence-electron chi connectivity index (χ1n) is 24.6. The number of carboxylic acid groups (broad SMARTS) is 1. The average Bonchev–Trinajstić information content (AvgIpc) is 4.00. The molecule has 3 fully saturated rings. The van der Waals surface area contributed by atoms with Gasteiger partial charge in [0.1, 0.15) is 43.3 Å². The molecule has 23 nitrogen and oxygen atoms in total. The molecule has 2 aliphatic heterocycles. The molecule has 2 aromatic carbocycles. The Labute approximate surface area is 415 Å². The van der Waals surface area contributed by atoms with Crippen LogP contribution in [-0.2, 0) is 51.1 Å². The molecule has 9 unspecified atom stereocenters. The van der Waals surface area contributed by atoms with Crippen LogP contribution in [0.5, 0.6) is 0 Å². The topological polar surface area (TPSA) is 319 Å². The standard InChI is InChI=1S/C49H66N6O17/c1-4-5-6-10-15-35(46(62)63)68-43-39(58)37(25-56)70-49(44(43)71-47(64)29-12-8-7-9-13-29)69-36-23-31(21-27(2)42(36)72-48-41(60)40(59)38(57)28(3)67-48)45(61)50-19-11-14-32-24-54(52-51-32)26-53-20-18-30-22-33(55(65)66)16-17-34(30)53/h7-9,12-13,16-18,20,22,24,27-28,31,35-44,48-49,56-60H,4-6,10-11,14-15,19,21,23,25-26H2,1-3H3,(H,50,61)(H,62,63)/t27?,28?,31?,35-,36+,37?,38+,39-,40?,41?,42?,43?,44?,48-,49+/m0/s1. The summed E-state index contributed by atoms with van der Waals surface area (Å²) in [5.41, 5.74) is 1.56. The SMILES string of the molecule is CCCCCC[C@H](OC1C(OC(=O)c2ccccc2)[C@H](O[C@@H]2CC(C(=O)NCCCc3cn(Cn4ccc5cc([N+](=O)[O-])ccc54)nn3)CC(C)C2O[C@@H]2OC(C)[C@@H](O)C(O)C2O)OC(CO)[C@@H]1O)C(=O)O. The average molecular weight is 1010 g/mol. The highest BCUT2D eigenvalue weighted by atomic mass is 16.7. The second-order valence-electron chi connectivity index (χ2n) is 18.9. The fraction of sp³-hybridized carbons (Fsp3) is 0.612. The first-order valence-corrected chi connectivity index (χ1v) is 24.6. The number of nitrogens with one attached hydrogen (secondary N) is 1. The summed E-state index contributed by atoms with van der Waals surface area (Å²) in [6.07, 6.45) is -11.1. The predicted molar refractivity (Wildman–Crippen MR) is 252 cm³/mol. The maximum absolute atomic E-state index is 14.0. The van der Waals surface area contributed by atoms with Crippen LogP contribution in [0.25, 0.3) is 10.9 Å². The molecule has 4 heterocycles. The molecule has 23 heteroatoms. The van der Waals surface area contributed by atoms with Gasteiger partial charge >= 0.3 is 11.9 Å². The molecule has 0 bridgehead atoms. The van der Waals surface area contributed by atoms with Gasteiger partial charge in [0.05, 0.1) is 52.8 Å². The Bertz CT molecular complexity index is 2420. The van der Waals surface area contributed by atoms with Crippen molar-refractivity contribution in [2.24, 2.45) is 11.8 Å². The van der Waals surface area contributed by atoms with E-state index in [0.717, 1.165) is 24.8 Å². The van der Waals surface area contributed by atoms with Crippen LogP contribution >= 0.6 is 0 Å². The van der Waals surface area contributed by atoms with Crippen molar-refractivity contribution in [1.82, 2.24) is 24.9 Å². The van der Waals surface area contributed by atoms with E-state index in [2.05, 4.69) is 15.6 Å². The van der Waals surface area contributed by atoms with Gasteiger partial charge in [-0.3, -0.25) is 14.9 Å². The summed E-state index contributed by atoms with van der Waals surface area (Å²) in [6, 6.07) is 14.3. The van der Waals surface area contributed by atoms with E-state index in [1.54, 1.807) is 54.3 Å². The van der Waals surface area contributed by atoms with Gasteiger partial charge < -0.3 is 68.9 Å². The van der Waals surface area contributed by atoms with Crippen molar-refractivity contribution < 1.29 is 78.4 Å². The number of rotatable bonds is 23.